The molecule has 1 rings (SSSR count). The third-order valence-electron chi connectivity index (χ3n) is 4.51. The highest BCUT2D eigenvalue weighted by Crippen LogP contribution is 2.17. The van der Waals surface area contributed by atoms with Crippen LogP contribution in [0.5, 0.6) is 0 Å². The van der Waals surface area contributed by atoms with Crippen LogP contribution in [0.1, 0.15) is 52.9 Å². The molecule has 2 atom stereocenters. The average Bonchev–Trinajstić information content (AvgIpc) is 2.80. The minimum absolute atomic E-state index is 0.357. The minimum Gasteiger partial charge on any atom is -0.305 e. The topological polar surface area (TPSA) is 42.3 Å². The van der Waals surface area contributed by atoms with Crippen molar-refractivity contribution in [2.75, 3.05) is 33.7 Å². The average molecular weight is 294 g/mol. The lowest BCUT2D eigenvalue weighted by atomic mass is 9.95. The molecule has 2 unspecified atom stereocenters. The molecule has 0 amide bonds. The van der Waals surface area contributed by atoms with Crippen LogP contribution in [0.25, 0.3) is 0 Å². The van der Waals surface area contributed by atoms with Gasteiger partial charge >= 0.3 is 0 Å². The molecule has 4 nitrogen and oxygen atoms in total. The van der Waals surface area contributed by atoms with Crippen molar-refractivity contribution in [1.82, 2.24) is 15.1 Å². The van der Waals surface area contributed by atoms with Crippen molar-refractivity contribution >= 4 is 0 Å². The number of hydrogen-bond acceptors (Lipinski definition) is 4. The maximum absolute atomic E-state index is 9.33. The van der Waals surface area contributed by atoms with Crippen LogP contribution in [-0.2, 0) is 0 Å². The zero-order valence-corrected chi connectivity index (χ0v) is 14.7. The van der Waals surface area contributed by atoms with Crippen molar-refractivity contribution in [3.8, 4) is 6.07 Å². The smallest absolute Gasteiger partial charge is 0.104 e. The van der Waals surface area contributed by atoms with Crippen LogP contribution in [0.4, 0.5) is 0 Å². The minimum atomic E-state index is -0.377. The van der Waals surface area contributed by atoms with Gasteiger partial charge in [-0.2, -0.15) is 5.26 Å². The molecule has 1 aliphatic heterocycles. The van der Waals surface area contributed by atoms with Crippen molar-refractivity contribution in [2.24, 2.45) is 0 Å². The van der Waals surface area contributed by atoms with E-state index in [1.807, 2.05) is 6.92 Å². The van der Waals surface area contributed by atoms with E-state index in [1.165, 1.54) is 32.4 Å². The predicted octanol–water partition coefficient (Wildman–Crippen LogP) is 2.46. The number of nitrogens with zero attached hydrogens (tertiary/aromatic N) is 3. The molecule has 1 aliphatic rings. The fraction of sp³-hybridized carbons (Fsp3) is 0.941. The Morgan fingerprint density at radius 3 is 2.67 bits per heavy atom. The predicted molar refractivity (Wildman–Crippen MR) is 89.3 cm³/mol. The number of nitriles is 1. The number of rotatable bonds is 9. The first kappa shape index (κ1) is 18.4. The van der Waals surface area contributed by atoms with Crippen molar-refractivity contribution < 1.29 is 0 Å². The second kappa shape index (κ2) is 8.73. The quantitative estimate of drug-likeness (QED) is 0.663. The molecule has 4 heteroatoms. The van der Waals surface area contributed by atoms with Gasteiger partial charge in [0.05, 0.1) is 6.07 Å². The second-order valence-corrected chi connectivity index (χ2v) is 7.24. The lowest BCUT2D eigenvalue weighted by molar-refractivity contribution is 0.216. The van der Waals surface area contributed by atoms with E-state index in [-0.39, 0.29) is 5.54 Å². The second-order valence-electron chi connectivity index (χ2n) is 7.24. The molecule has 122 valence electrons. The summed E-state index contributed by atoms with van der Waals surface area (Å²) in [6, 6.07) is 3.53. The van der Waals surface area contributed by atoms with Crippen LogP contribution >= 0.6 is 0 Å². The fourth-order valence-corrected chi connectivity index (χ4v) is 3.32. The van der Waals surface area contributed by atoms with E-state index in [0.717, 1.165) is 25.4 Å². The SMILES string of the molecule is CC(C)NC(C)(C#N)CCCCN(C)CC1CCCN1C. The van der Waals surface area contributed by atoms with Crippen LogP contribution in [0.2, 0.25) is 0 Å². The highest BCUT2D eigenvalue weighted by molar-refractivity contribution is 5.04. The first-order valence-electron chi connectivity index (χ1n) is 8.44. The number of unbranched alkanes of at least 4 members (excludes halogenated alkanes) is 1. The molecule has 0 bridgehead atoms. The van der Waals surface area contributed by atoms with Crippen LogP contribution in [-0.4, -0.2) is 61.2 Å². The van der Waals surface area contributed by atoms with Gasteiger partial charge in [-0.1, -0.05) is 0 Å². The molecule has 1 saturated heterocycles. The van der Waals surface area contributed by atoms with Gasteiger partial charge in [-0.25, -0.2) is 0 Å². The maximum Gasteiger partial charge on any atom is 0.104 e. The molecule has 1 N–H and O–H groups in total. The van der Waals surface area contributed by atoms with Gasteiger partial charge in [0, 0.05) is 18.6 Å². The monoisotopic (exact) mass is 294 g/mol. The molecular weight excluding hydrogens is 260 g/mol. The van der Waals surface area contributed by atoms with Crippen LogP contribution in [0.15, 0.2) is 0 Å². The van der Waals surface area contributed by atoms with E-state index >= 15 is 0 Å². The van der Waals surface area contributed by atoms with Crippen molar-refractivity contribution in [3.63, 3.8) is 0 Å². The Labute approximate surface area is 131 Å². The molecule has 21 heavy (non-hydrogen) atoms. The largest absolute Gasteiger partial charge is 0.305 e. The molecule has 0 saturated carbocycles. The molecule has 0 spiro atoms. The van der Waals surface area contributed by atoms with Crippen LogP contribution in [0.3, 0.4) is 0 Å². The summed E-state index contributed by atoms with van der Waals surface area (Å²) in [6.07, 6.45) is 5.89. The number of nitrogens with one attached hydrogen (secondary N) is 1. The molecule has 0 aliphatic carbocycles. The Morgan fingerprint density at radius 1 is 1.43 bits per heavy atom. The Morgan fingerprint density at radius 2 is 2.14 bits per heavy atom. The summed E-state index contributed by atoms with van der Waals surface area (Å²) < 4.78 is 0. The van der Waals surface area contributed by atoms with Gasteiger partial charge < -0.3 is 9.80 Å². The van der Waals surface area contributed by atoms with Crippen molar-refractivity contribution in [2.45, 2.75) is 70.5 Å². The maximum atomic E-state index is 9.33. The summed E-state index contributed by atoms with van der Waals surface area (Å²) >= 11 is 0. The van der Waals surface area contributed by atoms with Crippen molar-refractivity contribution in [1.29, 1.82) is 5.26 Å². The third-order valence-corrected chi connectivity index (χ3v) is 4.51. The summed E-state index contributed by atoms with van der Waals surface area (Å²) in [4.78, 5) is 4.93. The summed E-state index contributed by atoms with van der Waals surface area (Å²) in [5.74, 6) is 0. The first-order valence-corrected chi connectivity index (χ1v) is 8.44. The van der Waals surface area contributed by atoms with E-state index in [1.54, 1.807) is 0 Å². The molecule has 0 aromatic carbocycles. The zero-order chi connectivity index (χ0) is 15.9. The number of hydrogen-bond donors (Lipinski definition) is 1. The zero-order valence-electron chi connectivity index (χ0n) is 14.7. The number of likely N-dealkylation sites (tertiary alicyclic amines) is 1. The molecule has 1 heterocycles. The van der Waals surface area contributed by atoms with Crippen LogP contribution in [0, 0.1) is 11.3 Å². The molecule has 1 fully saturated rings. The Balaban J connectivity index is 2.19. The summed E-state index contributed by atoms with van der Waals surface area (Å²) in [5, 5.41) is 12.7. The molecule has 0 aromatic rings. The van der Waals surface area contributed by atoms with Gasteiger partial charge in [0.25, 0.3) is 0 Å². The fourth-order valence-electron chi connectivity index (χ4n) is 3.32. The van der Waals surface area contributed by atoms with E-state index in [0.29, 0.717) is 6.04 Å². The van der Waals surface area contributed by atoms with Gasteiger partial charge in [-0.15, -0.1) is 0 Å². The molecule has 0 radical (unpaired) electrons. The molecular formula is C17H34N4. The summed E-state index contributed by atoms with van der Waals surface area (Å²) in [6.45, 7) is 9.77. The standard InChI is InChI=1S/C17H34N4/c1-15(2)19-17(3,14-18)10-6-7-11-20(4)13-16-9-8-12-21(16)5/h15-16,19H,6-13H2,1-5H3. The van der Waals surface area contributed by atoms with Gasteiger partial charge in [0.15, 0.2) is 0 Å². The Bertz CT molecular complexity index is 336. The first-order chi connectivity index (χ1) is 9.86. The van der Waals surface area contributed by atoms with Gasteiger partial charge in [-0.3, -0.25) is 5.32 Å². The van der Waals surface area contributed by atoms with Gasteiger partial charge in [0.2, 0.25) is 0 Å². The van der Waals surface area contributed by atoms with Crippen LogP contribution < -0.4 is 5.32 Å². The summed E-state index contributed by atoms with van der Waals surface area (Å²) in [7, 11) is 4.46. The van der Waals surface area contributed by atoms with E-state index in [9.17, 15) is 5.26 Å². The van der Waals surface area contributed by atoms with E-state index in [4.69, 9.17) is 0 Å². The third kappa shape index (κ3) is 6.78. The molecule has 0 aromatic heterocycles. The Kier molecular flexibility index (Phi) is 7.65. The Hall–Kier alpha value is -0.630. The normalized spacial score (nSPS) is 22.7. The summed E-state index contributed by atoms with van der Waals surface area (Å²) in [5.41, 5.74) is -0.377. The van der Waals surface area contributed by atoms with E-state index in [2.05, 4.69) is 49.1 Å². The number of likely N-dealkylation sites (N-methyl/N-ethyl adjacent to an activating group) is 2. The van der Waals surface area contributed by atoms with Gasteiger partial charge in [0.1, 0.15) is 5.54 Å². The van der Waals surface area contributed by atoms with Gasteiger partial charge in [-0.05, 0) is 80.1 Å². The lowest BCUT2D eigenvalue weighted by Crippen LogP contribution is -2.45. The lowest BCUT2D eigenvalue weighted by Gasteiger charge is -2.27. The highest BCUT2D eigenvalue weighted by Gasteiger charge is 2.24. The highest BCUT2D eigenvalue weighted by atomic mass is 15.2. The van der Waals surface area contributed by atoms with Crippen molar-refractivity contribution in [3.05, 3.63) is 0 Å². The van der Waals surface area contributed by atoms with E-state index < -0.39 is 0 Å².